The van der Waals surface area contributed by atoms with Gasteiger partial charge >= 0.3 is 0 Å². The molecule has 1 aliphatic carbocycles. The van der Waals surface area contributed by atoms with Crippen molar-refractivity contribution in [1.82, 2.24) is 0 Å². The molecule has 0 aliphatic heterocycles. The maximum atomic E-state index is 5.31. The van der Waals surface area contributed by atoms with Crippen LogP contribution in [0.5, 0.6) is 0 Å². The number of hydrogen-bond acceptors (Lipinski definition) is 1. The molecule has 2 N–H and O–H groups in total. The number of hydrogen-bond donors (Lipinski definition) is 1. The summed E-state index contributed by atoms with van der Waals surface area (Å²) in [6.07, 6.45) is 16.7. The van der Waals surface area contributed by atoms with E-state index in [0.29, 0.717) is 12.5 Å². The molecular formula is C11H17N. The minimum absolute atomic E-state index is 0.630. The standard InChI is InChI=1S/C11H17N/c12-10-6-2-5-9-11-7-3-1-4-8-11/h2-3,5-7,9,11H,1,4,8,10,12H2. The summed E-state index contributed by atoms with van der Waals surface area (Å²) in [5.74, 6) is 0.654. The predicted molar refractivity (Wildman–Crippen MR) is 53.8 cm³/mol. The van der Waals surface area contributed by atoms with Gasteiger partial charge in [-0.3, -0.25) is 0 Å². The van der Waals surface area contributed by atoms with Crippen molar-refractivity contribution in [2.75, 3.05) is 6.54 Å². The van der Waals surface area contributed by atoms with E-state index < -0.39 is 0 Å². The van der Waals surface area contributed by atoms with E-state index >= 15 is 0 Å². The predicted octanol–water partition coefficient (Wildman–Crippen LogP) is 2.41. The highest BCUT2D eigenvalue weighted by molar-refractivity contribution is 5.10. The Hall–Kier alpha value is -0.820. The summed E-state index contributed by atoms with van der Waals surface area (Å²) in [6, 6.07) is 0. The molecule has 1 nitrogen and oxygen atoms in total. The van der Waals surface area contributed by atoms with E-state index in [-0.39, 0.29) is 0 Å². The van der Waals surface area contributed by atoms with E-state index in [1.54, 1.807) is 0 Å². The zero-order chi connectivity index (χ0) is 8.65. The van der Waals surface area contributed by atoms with E-state index in [4.69, 9.17) is 5.73 Å². The largest absolute Gasteiger partial charge is 0.327 e. The summed E-state index contributed by atoms with van der Waals surface area (Å²) >= 11 is 0. The van der Waals surface area contributed by atoms with Crippen LogP contribution in [0.3, 0.4) is 0 Å². The Bertz CT molecular complexity index is 189. The van der Waals surface area contributed by atoms with Crippen LogP contribution in [0.2, 0.25) is 0 Å². The van der Waals surface area contributed by atoms with Gasteiger partial charge in [-0.2, -0.15) is 0 Å². The van der Waals surface area contributed by atoms with Crippen molar-refractivity contribution in [3.05, 3.63) is 36.5 Å². The van der Waals surface area contributed by atoms with Gasteiger partial charge in [0.15, 0.2) is 0 Å². The van der Waals surface area contributed by atoms with E-state index in [2.05, 4.69) is 24.3 Å². The Morgan fingerprint density at radius 3 is 3.00 bits per heavy atom. The highest BCUT2D eigenvalue weighted by atomic mass is 14.5. The van der Waals surface area contributed by atoms with Crippen LogP contribution < -0.4 is 5.73 Å². The van der Waals surface area contributed by atoms with E-state index in [1.165, 1.54) is 19.3 Å². The molecule has 0 saturated heterocycles. The highest BCUT2D eigenvalue weighted by Gasteiger charge is 2.02. The molecule has 66 valence electrons. The summed E-state index contributed by atoms with van der Waals surface area (Å²) in [4.78, 5) is 0. The fraction of sp³-hybridized carbons (Fsp3) is 0.455. The quantitative estimate of drug-likeness (QED) is 0.502. The zero-order valence-corrected chi connectivity index (χ0v) is 7.45. The van der Waals surface area contributed by atoms with Crippen LogP contribution >= 0.6 is 0 Å². The van der Waals surface area contributed by atoms with Crippen LogP contribution in [0.25, 0.3) is 0 Å². The second-order valence-electron chi connectivity index (χ2n) is 3.07. The molecule has 0 aromatic rings. The topological polar surface area (TPSA) is 26.0 Å². The van der Waals surface area contributed by atoms with Crippen molar-refractivity contribution >= 4 is 0 Å². The third kappa shape index (κ3) is 3.54. The SMILES string of the molecule is NCC=CC=CC1C=CCCC1. The fourth-order valence-corrected chi connectivity index (χ4v) is 1.36. The minimum atomic E-state index is 0.630. The van der Waals surface area contributed by atoms with Crippen molar-refractivity contribution in [2.45, 2.75) is 19.3 Å². The van der Waals surface area contributed by atoms with Gasteiger partial charge in [-0.25, -0.2) is 0 Å². The van der Waals surface area contributed by atoms with Gasteiger partial charge in [0.05, 0.1) is 0 Å². The molecule has 1 rings (SSSR count). The molecule has 1 atom stereocenters. The number of allylic oxidation sites excluding steroid dienone is 5. The first kappa shape index (κ1) is 9.27. The molecule has 0 aromatic carbocycles. The van der Waals surface area contributed by atoms with Crippen LogP contribution in [-0.4, -0.2) is 6.54 Å². The van der Waals surface area contributed by atoms with Gasteiger partial charge in [0.25, 0.3) is 0 Å². The lowest BCUT2D eigenvalue weighted by Crippen LogP contribution is -1.96. The molecule has 0 fully saturated rings. The zero-order valence-electron chi connectivity index (χ0n) is 7.45. The van der Waals surface area contributed by atoms with Gasteiger partial charge in [-0.05, 0) is 25.2 Å². The average molecular weight is 163 g/mol. The first-order valence-corrected chi connectivity index (χ1v) is 4.63. The van der Waals surface area contributed by atoms with Gasteiger partial charge in [-0.15, -0.1) is 0 Å². The molecule has 0 aromatic heterocycles. The van der Waals surface area contributed by atoms with Crippen molar-refractivity contribution in [1.29, 1.82) is 0 Å². The summed E-state index contributed by atoms with van der Waals surface area (Å²) in [7, 11) is 0. The Kier molecular flexibility index (Phi) is 4.47. The van der Waals surface area contributed by atoms with Gasteiger partial charge in [0, 0.05) is 6.54 Å². The third-order valence-corrected chi connectivity index (χ3v) is 2.03. The minimum Gasteiger partial charge on any atom is -0.327 e. The van der Waals surface area contributed by atoms with E-state index in [9.17, 15) is 0 Å². The number of rotatable bonds is 3. The lowest BCUT2D eigenvalue weighted by Gasteiger charge is -2.10. The molecule has 0 heterocycles. The first-order chi connectivity index (χ1) is 5.93. The van der Waals surface area contributed by atoms with Crippen molar-refractivity contribution < 1.29 is 0 Å². The normalized spacial score (nSPS) is 24.2. The van der Waals surface area contributed by atoms with Crippen LogP contribution in [0.1, 0.15) is 19.3 Å². The van der Waals surface area contributed by atoms with Crippen LogP contribution in [0, 0.1) is 5.92 Å². The highest BCUT2D eigenvalue weighted by Crippen LogP contribution is 2.17. The molecule has 0 amide bonds. The smallest absolute Gasteiger partial charge is 0.0109 e. The van der Waals surface area contributed by atoms with Crippen LogP contribution in [0.15, 0.2) is 36.5 Å². The summed E-state index contributed by atoms with van der Waals surface area (Å²) in [5.41, 5.74) is 5.31. The van der Waals surface area contributed by atoms with Gasteiger partial charge in [0.2, 0.25) is 0 Å². The van der Waals surface area contributed by atoms with Crippen LogP contribution in [-0.2, 0) is 0 Å². The molecule has 1 unspecified atom stereocenters. The van der Waals surface area contributed by atoms with Crippen LogP contribution in [0.4, 0.5) is 0 Å². The maximum Gasteiger partial charge on any atom is 0.0109 e. The molecule has 0 radical (unpaired) electrons. The second-order valence-corrected chi connectivity index (χ2v) is 3.07. The average Bonchev–Trinajstić information content (AvgIpc) is 2.14. The van der Waals surface area contributed by atoms with E-state index in [0.717, 1.165) is 0 Å². The summed E-state index contributed by atoms with van der Waals surface area (Å²) in [5, 5.41) is 0. The monoisotopic (exact) mass is 163 g/mol. The molecule has 0 bridgehead atoms. The van der Waals surface area contributed by atoms with Crippen molar-refractivity contribution in [2.24, 2.45) is 11.7 Å². The van der Waals surface area contributed by atoms with Gasteiger partial charge in [-0.1, -0.05) is 36.5 Å². The second kappa shape index (κ2) is 5.78. The molecule has 1 aliphatic rings. The Morgan fingerprint density at radius 1 is 1.42 bits per heavy atom. The van der Waals surface area contributed by atoms with Crippen molar-refractivity contribution in [3.63, 3.8) is 0 Å². The lowest BCUT2D eigenvalue weighted by molar-refractivity contribution is 0.631. The van der Waals surface area contributed by atoms with Gasteiger partial charge < -0.3 is 5.73 Å². The molecule has 12 heavy (non-hydrogen) atoms. The van der Waals surface area contributed by atoms with E-state index in [1.807, 2.05) is 12.2 Å². The maximum absolute atomic E-state index is 5.31. The van der Waals surface area contributed by atoms with Crippen molar-refractivity contribution in [3.8, 4) is 0 Å². The Morgan fingerprint density at radius 2 is 2.33 bits per heavy atom. The molecular weight excluding hydrogens is 146 g/mol. The van der Waals surface area contributed by atoms with Gasteiger partial charge in [0.1, 0.15) is 0 Å². The first-order valence-electron chi connectivity index (χ1n) is 4.63. The third-order valence-electron chi connectivity index (χ3n) is 2.03. The molecule has 0 saturated carbocycles. The fourth-order valence-electron chi connectivity index (χ4n) is 1.36. The number of nitrogens with two attached hydrogens (primary N) is 1. The summed E-state index contributed by atoms with van der Waals surface area (Å²) in [6.45, 7) is 0.630. The molecule has 1 heteroatoms. The lowest BCUT2D eigenvalue weighted by atomic mass is 9.96. The summed E-state index contributed by atoms with van der Waals surface area (Å²) < 4.78 is 0. The molecule has 0 spiro atoms. The Balaban J connectivity index is 2.29. The Labute approximate surface area is 74.7 Å².